The molecule has 1 aromatic rings. The number of nitroso groups, excluding NO2 is 1. The van der Waals surface area contributed by atoms with E-state index in [1.54, 1.807) is 0 Å². The lowest BCUT2D eigenvalue weighted by Gasteiger charge is -2.37. The van der Waals surface area contributed by atoms with Gasteiger partial charge in [0.1, 0.15) is 19.3 Å². The van der Waals surface area contributed by atoms with Crippen molar-refractivity contribution in [1.29, 1.82) is 0 Å². The number of nitrogens with one attached hydrogen (secondary N) is 2. The van der Waals surface area contributed by atoms with E-state index >= 15 is 0 Å². The number of carbonyl (C=O) groups excluding carboxylic acids is 4. The number of piperidine rings is 1. The molecule has 0 aliphatic carbocycles. The van der Waals surface area contributed by atoms with Gasteiger partial charge >= 0.3 is 18.0 Å². The van der Waals surface area contributed by atoms with Gasteiger partial charge in [-0.05, 0) is 44.1 Å². The largest absolute Gasteiger partial charge is 0.463 e. The van der Waals surface area contributed by atoms with Gasteiger partial charge in [0.05, 0.1) is 12.1 Å². The first-order chi connectivity index (χ1) is 23.0. The molecule has 0 spiro atoms. The number of amides is 3. The number of benzene rings is 1. The summed E-state index contributed by atoms with van der Waals surface area (Å²) >= 11 is 1.35. The molecule has 0 radical (unpaired) electrons. The van der Waals surface area contributed by atoms with E-state index in [9.17, 15) is 44.3 Å². The SMILES string of the molecule is CCCC(NC(CCc1ccccc1)C(=O)N=O)C(=O)N1CCCCC1C(=O)OCCSCCO[N+](=O)[O-].CNC(=O)OCO[N+](=O)[O-]. The quantitative estimate of drug-likeness (QED) is 0.0494. The number of alkyl carbamates (subject to hydrolysis) is 1. The number of ether oxygens (including phenoxy) is 2. The number of likely N-dealkylation sites (tertiary alicyclic amines) is 1. The average Bonchev–Trinajstić information content (AvgIpc) is 3.08. The second kappa shape index (κ2) is 24.6. The first-order valence-corrected chi connectivity index (χ1v) is 16.3. The zero-order valence-electron chi connectivity index (χ0n) is 26.8. The van der Waals surface area contributed by atoms with Crippen molar-refractivity contribution in [2.45, 2.75) is 70.0 Å². The average molecular weight is 703 g/mol. The third-order valence-electron chi connectivity index (χ3n) is 6.74. The van der Waals surface area contributed by atoms with Crippen LogP contribution >= 0.6 is 11.8 Å². The molecule has 0 saturated carbocycles. The smallest absolute Gasteiger partial charge is 0.408 e. The van der Waals surface area contributed by atoms with Crippen LogP contribution in [0.5, 0.6) is 0 Å². The summed E-state index contributed by atoms with van der Waals surface area (Å²) in [6, 6.07) is 7.11. The van der Waals surface area contributed by atoms with Crippen LogP contribution in [0.15, 0.2) is 35.5 Å². The molecule has 20 heteroatoms. The highest BCUT2D eigenvalue weighted by molar-refractivity contribution is 7.99. The number of nitrogens with zero attached hydrogens (tertiary/aromatic N) is 4. The minimum absolute atomic E-state index is 0.0448. The van der Waals surface area contributed by atoms with Crippen LogP contribution in [0.2, 0.25) is 0 Å². The maximum absolute atomic E-state index is 13.6. The van der Waals surface area contributed by atoms with Gasteiger partial charge in [0.2, 0.25) is 12.7 Å². The van der Waals surface area contributed by atoms with Crippen molar-refractivity contribution in [2.75, 3.05) is 45.1 Å². The van der Waals surface area contributed by atoms with E-state index < -0.39 is 53.1 Å². The van der Waals surface area contributed by atoms with Crippen LogP contribution in [0, 0.1) is 25.1 Å². The minimum Gasteiger partial charge on any atom is -0.463 e. The summed E-state index contributed by atoms with van der Waals surface area (Å²) in [7, 11) is 1.33. The summed E-state index contributed by atoms with van der Waals surface area (Å²) in [6.07, 6.45) is 3.12. The normalized spacial score (nSPS) is 15.0. The second-order valence-corrected chi connectivity index (χ2v) is 11.3. The number of rotatable bonds is 20. The highest BCUT2D eigenvalue weighted by Gasteiger charge is 2.37. The summed E-state index contributed by atoms with van der Waals surface area (Å²) < 4.78 is 9.48. The molecule has 1 aliphatic heterocycles. The Kier molecular flexibility index (Phi) is 21.2. The number of thioether (sulfide) groups is 1. The summed E-state index contributed by atoms with van der Waals surface area (Å²) in [4.78, 5) is 89.0. The predicted octanol–water partition coefficient (Wildman–Crippen LogP) is 2.41. The molecular formula is C28H42N6O13S. The minimum atomic E-state index is -1.05. The summed E-state index contributed by atoms with van der Waals surface area (Å²) in [5.74, 6) is -0.829. The molecular weight excluding hydrogens is 660 g/mol. The molecule has 3 unspecified atom stereocenters. The van der Waals surface area contributed by atoms with E-state index in [-0.39, 0.29) is 19.1 Å². The van der Waals surface area contributed by atoms with Gasteiger partial charge < -0.3 is 24.5 Å². The Hall–Kier alpha value is -4.59. The lowest BCUT2D eigenvalue weighted by molar-refractivity contribution is -0.765. The molecule has 2 N–H and O–H groups in total. The van der Waals surface area contributed by atoms with E-state index in [0.717, 1.165) is 18.4 Å². The second-order valence-electron chi connectivity index (χ2n) is 10.0. The van der Waals surface area contributed by atoms with E-state index in [0.29, 0.717) is 50.2 Å². The van der Waals surface area contributed by atoms with Crippen molar-refractivity contribution in [1.82, 2.24) is 15.5 Å². The molecule has 1 heterocycles. The van der Waals surface area contributed by atoms with Crippen LogP contribution in [-0.2, 0) is 40.0 Å². The Balaban J connectivity index is 0.000000993. The molecule has 1 saturated heterocycles. The van der Waals surface area contributed by atoms with Crippen molar-refractivity contribution in [3.05, 3.63) is 61.0 Å². The molecule has 0 aromatic heterocycles. The molecule has 2 rings (SSSR count). The first kappa shape index (κ1) is 41.4. The molecule has 1 aliphatic rings. The van der Waals surface area contributed by atoms with Gasteiger partial charge in [0.15, 0.2) is 0 Å². The van der Waals surface area contributed by atoms with Gasteiger partial charge in [-0.15, -0.1) is 25.1 Å². The van der Waals surface area contributed by atoms with Gasteiger partial charge in [0, 0.05) is 30.3 Å². The van der Waals surface area contributed by atoms with Crippen molar-refractivity contribution in [2.24, 2.45) is 5.18 Å². The van der Waals surface area contributed by atoms with Gasteiger partial charge in [-0.25, -0.2) is 9.59 Å². The van der Waals surface area contributed by atoms with Crippen molar-refractivity contribution < 1.29 is 48.5 Å². The topological polar surface area (TPSA) is 248 Å². The lowest BCUT2D eigenvalue weighted by atomic mass is 9.98. The number of hydrogen-bond acceptors (Lipinski definition) is 15. The molecule has 0 bridgehead atoms. The zero-order chi connectivity index (χ0) is 35.7. The van der Waals surface area contributed by atoms with Crippen molar-refractivity contribution in [3.8, 4) is 0 Å². The van der Waals surface area contributed by atoms with Crippen molar-refractivity contribution >= 4 is 35.6 Å². The number of aryl methyl sites for hydroxylation is 1. The molecule has 3 amide bonds. The Labute approximate surface area is 280 Å². The van der Waals surface area contributed by atoms with Gasteiger partial charge in [-0.3, -0.25) is 19.7 Å². The molecule has 48 heavy (non-hydrogen) atoms. The highest BCUT2D eigenvalue weighted by Crippen LogP contribution is 2.21. The van der Waals surface area contributed by atoms with Crippen LogP contribution in [-0.4, -0.2) is 102 Å². The van der Waals surface area contributed by atoms with Gasteiger partial charge in [-0.2, -0.15) is 11.8 Å². The molecule has 19 nitrogen and oxygen atoms in total. The van der Waals surface area contributed by atoms with Crippen LogP contribution < -0.4 is 10.6 Å². The molecule has 1 aromatic carbocycles. The lowest BCUT2D eigenvalue weighted by Crippen LogP contribution is -2.57. The molecule has 1 fully saturated rings. The summed E-state index contributed by atoms with van der Waals surface area (Å²) in [5, 5.41) is 25.4. The zero-order valence-corrected chi connectivity index (χ0v) is 27.6. The van der Waals surface area contributed by atoms with E-state index in [2.05, 4.69) is 30.2 Å². The van der Waals surface area contributed by atoms with Crippen LogP contribution in [0.1, 0.15) is 51.0 Å². The van der Waals surface area contributed by atoms with Crippen LogP contribution in [0.25, 0.3) is 0 Å². The standard InChI is InChI=1S/C25H36N4O8S.C3H6N2O5/c1-2-8-21(26-20(23(30)27-33)13-12-19-9-4-3-5-10-19)24(31)28-14-7-6-11-22(28)25(32)36-15-17-38-18-16-37-29(34)35;1-4-3(6)9-2-10-5(7)8/h3-5,9-10,20-22,26H,2,6-8,11-18H2,1H3;2H2,1H3,(H,4,6). The Bertz CT molecular complexity index is 1180. The van der Waals surface area contributed by atoms with Crippen LogP contribution in [0.3, 0.4) is 0 Å². The Morgan fingerprint density at radius 3 is 2.31 bits per heavy atom. The first-order valence-electron chi connectivity index (χ1n) is 15.1. The molecule has 3 atom stereocenters. The fourth-order valence-corrected chi connectivity index (χ4v) is 5.11. The summed E-state index contributed by atoms with van der Waals surface area (Å²) in [5.41, 5.74) is 0.999. The Morgan fingerprint density at radius 2 is 1.69 bits per heavy atom. The van der Waals surface area contributed by atoms with Gasteiger partial charge in [-0.1, -0.05) is 43.7 Å². The van der Waals surface area contributed by atoms with E-state index in [1.165, 1.54) is 23.7 Å². The predicted molar refractivity (Wildman–Crippen MR) is 170 cm³/mol. The van der Waals surface area contributed by atoms with E-state index in [1.807, 2.05) is 37.3 Å². The third kappa shape index (κ3) is 17.4. The summed E-state index contributed by atoms with van der Waals surface area (Å²) in [6.45, 7) is 1.68. The Morgan fingerprint density at radius 1 is 1.00 bits per heavy atom. The fraction of sp³-hybridized carbons (Fsp3) is 0.643. The van der Waals surface area contributed by atoms with E-state index in [4.69, 9.17) is 4.74 Å². The molecule has 268 valence electrons. The van der Waals surface area contributed by atoms with Gasteiger partial charge in [0.25, 0.3) is 10.2 Å². The highest BCUT2D eigenvalue weighted by atomic mass is 32.2. The number of esters is 1. The maximum atomic E-state index is 13.6. The number of hydrogen-bond donors (Lipinski definition) is 2. The monoisotopic (exact) mass is 702 g/mol. The van der Waals surface area contributed by atoms with Crippen molar-refractivity contribution in [3.63, 3.8) is 0 Å². The number of carbonyl (C=O) groups is 4. The fourth-order valence-electron chi connectivity index (χ4n) is 4.51. The maximum Gasteiger partial charge on any atom is 0.408 e. The van der Waals surface area contributed by atoms with Crippen LogP contribution in [0.4, 0.5) is 4.79 Å². The third-order valence-corrected chi connectivity index (χ3v) is 7.65.